The zero-order valence-corrected chi connectivity index (χ0v) is 7.56. The number of unbranched alkanes of at least 4 members (excludes halogenated alkanes) is 1. The molecule has 0 saturated carbocycles. The first-order valence-corrected chi connectivity index (χ1v) is 4.19. The molecule has 4 nitrogen and oxygen atoms in total. The fourth-order valence-electron chi connectivity index (χ4n) is 0.853. The number of allylic oxidation sites excluding steroid dienone is 1. The fraction of sp³-hybridized carbons (Fsp3) is 0.556. The van der Waals surface area contributed by atoms with E-state index in [0.29, 0.717) is 0 Å². The first kappa shape index (κ1) is 11.7. The Hall–Kier alpha value is -1.32. The molecule has 0 rings (SSSR count). The first-order valence-electron chi connectivity index (χ1n) is 4.19. The maximum atomic E-state index is 10.5. The highest BCUT2D eigenvalue weighted by molar-refractivity contribution is 5.79. The van der Waals surface area contributed by atoms with Crippen molar-refractivity contribution in [2.75, 3.05) is 0 Å². The molecule has 1 unspecified atom stereocenters. The van der Waals surface area contributed by atoms with Crippen LogP contribution in [0.4, 0.5) is 0 Å². The van der Waals surface area contributed by atoms with Crippen LogP contribution in [0.25, 0.3) is 0 Å². The Morgan fingerprint density at radius 3 is 2.38 bits per heavy atom. The van der Waals surface area contributed by atoms with Crippen LogP contribution in [0, 0.1) is 5.92 Å². The minimum absolute atomic E-state index is 0.352. The monoisotopic (exact) mass is 186 g/mol. The number of carboxylic acids is 2. The van der Waals surface area contributed by atoms with E-state index < -0.39 is 17.9 Å². The van der Waals surface area contributed by atoms with Gasteiger partial charge in [-0.2, -0.15) is 0 Å². The second-order valence-corrected chi connectivity index (χ2v) is 2.76. The molecule has 0 spiro atoms. The number of rotatable bonds is 6. The Bertz CT molecular complexity index is 208. The van der Waals surface area contributed by atoms with Gasteiger partial charge in [0.15, 0.2) is 0 Å². The summed E-state index contributed by atoms with van der Waals surface area (Å²) in [5.74, 6) is -3.08. The average molecular weight is 186 g/mol. The summed E-state index contributed by atoms with van der Waals surface area (Å²) >= 11 is 0. The van der Waals surface area contributed by atoms with Gasteiger partial charge in [0.05, 0.1) is 12.3 Å². The van der Waals surface area contributed by atoms with E-state index in [2.05, 4.69) is 0 Å². The van der Waals surface area contributed by atoms with E-state index in [-0.39, 0.29) is 6.42 Å². The topological polar surface area (TPSA) is 74.6 Å². The normalized spacial score (nSPS) is 13.0. The summed E-state index contributed by atoms with van der Waals surface area (Å²) < 4.78 is 0. The van der Waals surface area contributed by atoms with Crippen LogP contribution in [0.5, 0.6) is 0 Å². The summed E-state index contributed by atoms with van der Waals surface area (Å²) in [5, 5.41) is 17.0. The van der Waals surface area contributed by atoms with E-state index in [1.165, 1.54) is 6.08 Å². The van der Waals surface area contributed by atoms with Crippen LogP contribution >= 0.6 is 0 Å². The van der Waals surface area contributed by atoms with Gasteiger partial charge in [-0.3, -0.25) is 9.59 Å². The SMILES string of the molecule is CCCC=CC(CC(=O)O)C(=O)O. The number of hydrogen-bond acceptors (Lipinski definition) is 2. The molecular formula is C9H14O4. The molecule has 0 amide bonds. The maximum Gasteiger partial charge on any atom is 0.310 e. The molecule has 0 aromatic rings. The van der Waals surface area contributed by atoms with Crippen molar-refractivity contribution in [1.29, 1.82) is 0 Å². The molecule has 4 heteroatoms. The number of aliphatic carboxylic acids is 2. The molecule has 0 radical (unpaired) electrons. The minimum atomic E-state index is -1.09. The highest BCUT2D eigenvalue weighted by Crippen LogP contribution is 2.06. The third-order valence-electron chi connectivity index (χ3n) is 1.54. The lowest BCUT2D eigenvalue weighted by Gasteiger charge is -2.02. The van der Waals surface area contributed by atoms with E-state index in [9.17, 15) is 9.59 Å². The molecule has 0 bridgehead atoms. The van der Waals surface area contributed by atoms with Crippen molar-refractivity contribution in [3.05, 3.63) is 12.2 Å². The van der Waals surface area contributed by atoms with Crippen LogP contribution in [-0.4, -0.2) is 22.2 Å². The molecule has 0 saturated heterocycles. The third-order valence-corrected chi connectivity index (χ3v) is 1.54. The van der Waals surface area contributed by atoms with Gasteiger partial charge in [0.2, 0.25) is 0 Å². The third kappa shape index (κ3) is 5.90. The molecule has 1 atom stereocenters. The lowest BCUT2D eigenvalue weighted by molar-refractivity contribution is -0.146. The Labute approximate surface area is 76.9 Å². The second kappa shape index (κ2) is 6.22. The van der Waals surface area contributed by atoms with Crippen LogP contribution in [0.15, 0.2) is 12.2 Å². The summed E-state index contributed by atoms with van der Waals surface area (Å²) in [6.07, 6.45) is 4.51. The van der Waals surface area contributed by atoms with Crippen molar-refractivity contribution in [3.8, 4) is 0 Å². The Morgan fingerprint density at radius 2 is 2.00 bits per heavy atom. The van der Waals surface area contributed by atoms with Crippen LogP contribution < -0.4 is 0 Å². The van der Waals surface area contributed by atoms with Gasteiger partial charge in [-0.25, -0.2) is 0 Å². The molecule has 0 aliphatic heterocycles. The quantitative estimate of drug-likeness (QED) is 0.616. The molecular weight excluding hydrogens is 172 g/mol. The Balaban J connectivity index is 4.09. The number of carboxylic acid groups (broad SMARTS) is 2. The fourth-order valence-corrected chi connectivity index (χ4v) is 0.853. The standard InChI is InChI=1S/C9H14O4/c1-2-3-4-5-7(9(12)13)6-8(10)11/h4-5,7H,2-3,6H2,1H3,(H,10,11)(H,12,13). The molecule has 74 valence electrons. The van der Waals surface area contributed by atoms with Gasteiger partial charge >= 0.3 is 11.9 Å². The largest absolute Gasteiger partial charge is 0.481 e. The smallest absolute Gasteiger partial charge is 0.310 e. The summed E-state index contributed by atoms with van der Waals surface area (Å²) in [5.41, 5.74) is 0. The summed E-state index contributed by atoms with van der Waals surface area (Å²) in [6.45, 7) is 1.97. The average Bonchev–Trinajstić information content (AvgIpc) is 2.02. The van der Waals surface area contributed by atoms with Crippen molar-refractivity contribution in [2.45, 2.75) is 26.2 Å². The highest BCUT2D eigenvalue weighted by Gasteiger charge is 2.16. The molecule has 13 heavy (non-hydrogen) atoms. The van der Waals surface area contributed by atoms with Crippen LogP contribution in [0.1, 0.15) is 26.2 Å². The molecule has 0 aliphatic rings. The molecule has 0 aromatic carbocycles. The Morgan fingerprint density at radius 1 is 1.38 bits per heavy atom. The van der Waals surface area contributed by atoms with E-state index in [4.69, 9.17) is 10.2 Å². The van der Waals surface area contributed by atoms with Gasteiger partial charge in [-0.05, 0) is 6.42 Å². The van der Waals surface area contributed by atoms with Crippen molar-refractivity contribution in [2.24, 2.45) is 5.92 Å². The number of hydrogen-bond donors (Lipinski definition) is 2. The van der Waals surface area contributed by atoms with Crippen molar-refractivity contribution >= 4 is 11.9 Å². The van der Waals surface area contributed by atoms with Gasteiger partial charge < -0.3 is 10.2 Å². The van der Waals surface area contributed by atoms with E-state index in [1.807, 2.05) is 6.92 Å². The predicted octanol–water partition coefficient (Wildman–Crippen LogP) is 1.52. The van der Waals surface area contributed by atoms with Crippen molar-refractivity contribution in [3.63, 3.8) is 0 Å². The van der Waals surface area contributed by atoms with Gasteiger partial charge in [-0.15, -0.1) is 0 Å². The summed E-state index contributed by atoms with van der Waals surface area (Å²) in [7, 11) is 0. The van der Waals surface area contributed by atoms with Crippen LogP contribution in [-0.2, 0) is 9.59 Å². The summed E-state index contributed by atoms with van der Waals surface area (Å²) in [4.78, 5) is 20.8. The molecule has 0 heterocycles. The highest BCUT2D eigenvalue weighted by atomic mass is 16.4. The van der Waals surface area contributed by atoms with E-state index >= 15 is 0 Å². The first-order chi connectivity index (χ1) is 6.07. The summed E-state index contributed by atoms with van der Waals surface area (Å²) in [6, 6.07) is 0. The minimum Gasteiger partial charge on any atom is -0.481 e. The van der Waals surface area contributed by atoms with Crippen LogP contribution in [0.3, 0.4) is 0 Å². The maximum absolute atomic E-state index is 10.5. The van der Waals surface area contributed by atoms with Gasteiger partial charge in [0.1, 0.15) is 0 Å². The van der Waals surface area contributed by atoms with Gasteiger partial charge in [0.25, 0.3) is 0 Å². The molecule has 0 fully saturated rings. The zero-order valence-electron chi connectivity index (χ0n) is 7.56. The Kier molecular flexibility index (Phi) is 5.59. The van der Waals surface area contributed by atoms with Crippen molar-refractivity contribution < 1.29 is 19.8 Å². The zero-order chi connectivity index (χ0) is 10.3. The predicted molar refractivity (Wildman–Crippen MR) is 47.4 cm³/mol. The molecule has 0 aliphatic carbocycles. The van der Waals surface area contributed by atoms with Gasteiger partial charge in [0, 0.05) is 0 Å². The van der Waals surface area contributed by atoms with E-state index in [0.717, 1.165) is 12.8 Å². The van der Waals surface area contributed by atoms with Gasteiger partial charge in [-0.1, -0.05) is 25.5 Å². The van der Waals surface area contributed by atoms with E-state index in [1.54, 1.807) is 6.08 Å². The molecule has 0 aromatic heterocycles. The van der Waals surface area contributed by atoms with Crippen molar-refractivity contribution in [1.82, 2.24) is 0 Å². The lowest BCUT2D eigenvalue weighted by atomic mass is 10.1. The number of carbonyl (C=O) groups is 2. The molecule has 2 N–H and O–H groups in total. The lowest BCUT2D eigenvalue weighted by Crippen LogP contribution is -2.15. The van der Waals surface area contributed by atoms with Crippen LogP contribution in [0.2, 0.25) is 0 Å². The second-order valence-electron chi connectivity index (χ2n) is 2.76.